The molecule has 2 aliphatic rings. The lowest BCUT2D eigenvalue weighted by Crippen LogP contribution is -2.24. The highest BCUT2D eigenvalue weighted by Gasteiger charge is 2.38. The molecule has 0 radical (unpaired) electrons. The first-order chi connectivity index (χ1) is 19.0. The molecule has 202 valence electrons. The normalized spacial score (nSPS) is 18.5. The molecule has 5 heterocycles. The van der Waals surface area contributed by atoms with Crippen molar-refractivity contribution >= 4 is 29.2 Å². The molecule has 2 saturated heterocycles. The molecule has 39 heavy (non-hydrogen) atoms. The number of fused-ring (bicyclic) bond motifs is 2. The topological polar surface area (TPSA) is 86.4 Å². The molecular weight excluding hydrogens is 519 g/mol. The quantitative estimate of drug-likeness (QED) is 0.324. The Labute approximate surface area is 230 Å². The average molecular weight is 549 g/mol. The number of halogens is 1. The molecule has 0 amide bonds. The monoisotopic (exact) mass is 548 g/mol. The van der Waals surface area contributed by atoms with E-state index in [0.717, 1.165) is 55.4 Å². The number of hydrogen-bond acceptors (Lipinski definition) is 9. The standard InChI is InChI=1S/C27H29FN8O2S/c1-33(2)9-10-38-21-6-4-5-18(11-21)23-15-36(39-28)25(30-23)8-7-24-31-26-22(12-29-34(26)3)27(32-24)35-13-19-16-37-17-20(19)14-35/h4-6,11-12,15,19-20H,9-10,13-14,16-17H2,1-3H3. The fourth-order valence-corrected chi connectivity index (χ4v) is 5.30. The van der Waals surface area contributed by atoms with E-state index >= 15 is 0 Å². The lowest BCUT2D eigenvalue weighted by molar-refractivity contribution is 0.177. The molecule has 12 heteroatoms. The maximum absolute atomic E-state index is 13.8. The van der Waals surface area contributed by atoms with Gasteiger partial charge in [0.25, 0.3) is 0 Å². The highest BCUT2D eigenvalue weighted by atomic mass is 32.2. The minimum Gasteiger partial charge on any atom is -0.492 e. The largest absolute Gasteiger partial charge is 0.492 e. The highest BCUT2D eigenvalue weighted by Crippen LogP contribution is 2.34. The smallest absolute Gasteiger partial charge is 0.209 e. The van der Waals surface area contributed by atoms with E-state index in [-0.39, 0.29) is 18.2 Å². The maximum atomic E-state index is 13.8. The van der Waals surface area contributed by atoms with E-state index in [2.05, 4.69) is 36.7 Å². The van der Waals surface area contributed by atoms with Crippen LogP contribution in [0.25, 0.3) is 22.3 Å². The van der Waals surface area contributed by atoms with Gasteiger partial charge in [-0.05, 0) is 38.1 Å². The third kappa shape index (κ3) is 5.30. The molecule has 0 saturated carbocycles. The van der Waals surface area contributed by atoms with E-state index in [4.69, 9.17) is 14.5 Å². The summed E-state index contributed by atoms with van der Waals surface area (Å²) < 4.78 is 28.3. The van der Waals surface area contributed by atoms with Crippen molar-refractivity contribution < 1.29 is 13.4 Å². The van der Waals surface area contributed by atoms with Crippen molar-refractivity contribution in [2.75, 3.05) is 58.5 Å². The lowest BCUT2D eigenvalue weighted by Gasteiger charge is -2.19. The van der Waals surface area contributed by atoms with Crippen LogP contribution >= 0.6 is 12.3 Å². The van der Waals surface area contributed by atoms with E-state index in [1.807, 2.05) is 45.4 Å². The molecule has 10 nitrogen and oxygen atoms in total. The predicted octanol–water partition coefficient (Wildman–Crippen LogP) is 3.03. The van der Waals surface area contributed by atoms with Crippen LogP contribution in [0.4, 0.5) is 9.70 Å². The number of aryl methyl sites for hydroxylation is 1. The van der Waals surface area contributed by atoms with Crippen LogP contribution in [0.2, 0.25) is 0 Å². The Morgan fingerprint density at radius 3 is 2.74 bits per heavy atom. The number of aromatic nitrogens is 6. The van der Waals surface area contributed by atoms with Gasteiger partial charge in [0, 0.05) is 50.3 Å². The number of hydrogen-bond donors (Lipinski definition) is 0. The van der Waals surface area contributed by atoms with Gasteiger partial charge < -0.3 is 19.3 Å². The number of nitrogens with zero attached hydrogens (tertiary/aromatic N) is 8. The zero-order chi connectivity index (χ0) is 26.9. The van der Waals surface area contributed by atoms with Crippen molar-refractivity contribution in [3.8, 4) is 28.8 Å². The number of rotatable bonds is 7. The van der Waals surface area contributed by atoms with Gasteiger partial charge in [-0.15, -0.1) is 3.89 Å². The second kappa shape index (κ2) is 10.8. The number of ether oxygens (including phenoxy) is 2. The average Bonchev–Trinajstić information content (AvgIpc) is 3.71. The first-order valence-corrected chi connectivity index (χ1v) is 13.5. The van der Waals surface area contributed by atoms with Gasteiger partial charge in [-0.1, -0.05) is 12.1 Å². The Morgan fingerprint density at radius 2 is 1.97 bits per heavy atom. The molecule has 2 atom stereocenters. The van der Waals surface area contributed by atoms with Crippen molar-refractivity contribution in [3.05, 3.63) is 48.3 Å². The Morgan fingerprint density at radius 1 is 1.15 bits per heavy atom. The summed E-state index contributed by atoms with van der Waals surface area (Å²) in [6, 6.07) is 7.59. The third-order valence-electron chi connectivity index (χ3n) is 7.08. The molecule has 1 aromatic carbocycles. The maximum Gasteiger partial charge on any atom is 0.209 e. The molecule has 0 bridgehead atoms. The summed E-state index contributed by atoms with van der Waals surface area (Å²) in [5.41, 5.74) is 2.11. The summed E-state index contributed by atoms with van der Waals surface area (Å²) in [5.74, 6) is 9.16. The molecule has 0 N–H and O–H groups in total. The zero-order valence-corrected chi connectivity index (χ0v) is 22.9. The van der Waals surface area contributed by atoms with Crippen molar-refractivity contribution in [2.24, 2.45) is 18.9 Å². The minimum atomic E-state index is 0.0465. The zero-order valence-electron chi connectivity index (χ0n) is 22.0. The molecule has 0 spiro atoms. The van der Waals surface area contributed by atoms with Crippen molar-refractivity contribution in [1.29, 1.82) is 0 Å². The molecular formula is C27H29FN8O2S. The highest BCUT2D eigenvalue weighted by molar-refractivity contribution is 7.92. The molecule has 4 aromatic rings. The van der Waals surface area contributed by atoms with E-state index in [1.165, 1.54) is 3.97 Å². The van der Waals surface area contributed by atoms with Gasteiger partial charge in [0.2, 0.25) is 5.82 Å². The summed E-state index contributed by atoms with van der Waals surface area (Å²) in [5, 5.41) is 5.28. The van der Waals surface area contributed by atoms with Crippen LogP contribution in [0.15, 0.2) is 36.7 Å². The van der Waals surface area contributed by atoms with E-state index in [0.29, 0.717) is 35.6 Å². The second-order valence-corrected chi connectivity index (χ2v) is 10.6. The number of anilines is 1. The summed E-state index contributed by atoms with van der Waals surface area (Å²) in [6.07, 6.45) is 3.42. The van der Waals surface area contributed by atoms with Crippen LogP contribution in [-0.4, -0.2) is 87.2 Å². The minimum absolute atomic E-state index is 0.0465. The van der Waals surface area contributed by atoms with Crippen LogP contribution in [0, 0.1) is 23.7 Å². The van der Waals surface area contributed by atoms with Crippen molar-refractivity contribution in [3.63, 3.8) is 0 Å². The van der Waals surface area contributed by atoms with Crippen LogP contribution in [0.5, 0.6) is 5.75 Å². The van der Waals surface area contributed by atoms with Crippen LogP contribution in [0.3, 0.4) is 0 Å². The van der Waals surface area contributed by atoms with Gasteiger partial charge in [0.15, 0.2) is 23.8 Å². The van der Waals surface area contributed by atoms with Gasteiger partial charge >= 0.3 is 0 Å². The van der Waals surface area contributed by atoms with Gasteiger partial charge in [-0.2, -0.15) is 5.10 Å². The molecule has 3 aromatic heterocycles. The van der Waals surface area contributed by atoms with E-state index < -0.39 is 0 Å². The van der Waals surface area contributed by atoms with Gasteiger partial charge in [-0.3, -0.25) is 4.68 Å². The number of likely N-dealkylation sites (N-methyl/N-ethyl adjacent to an activating group) is 1. The van der Waals surface area contributed by atoms with E-state index in [1.54, 1.807) is 17.1 Å². The van der Waals surface area contributed by atoms with E-state index in [9.17, 15) is 3.89 Å². The third-order valence-corrected chi connectivity index (χ3v) is 7.51. The lowest BCUT2D eigenvalue weighted by atomic mass is 10.0. The summed E-state index contributed by atoms with van der Waals surface area (Å²) >= 11 is 0.0465. The molecule has 0 aliphatic carbocycles. The fraction of sp³-hybridized carbons (Fsp3) is 0.407. The van der Waals surface area contributed by atoms with Crippen LogP contribution in [-0.2, 0) is 11.8 Å². The van der Waals surface area contributed by atoms with Crippen LogP contribution < -0.4 is 9.64 Å². The summed E-state index contributed by atoms with van der Waals surface area (Å²) in [7, 11) is 5.84. The Bertz CT molecular complexity index is 1550. The van der Waals surface area contributed by atoms with Crippen LogP contribution in [0.1, 0.15) is 11.6 Å². The van der Waals surface area contributed by atoms with Gasteiger partial charge in [-0.25, -0.2) is 18.9 Å². The summed E-state index contributed by atoms with van der Waals surface area (Å²) in [6.45, 7) is 4.69. The Hall–Kier alpha value is -3.66. The first-order valence-electron chi connectivity index (χ1n) is 12.8. The van der Waals surface area contributed by atoms with Gasteiger partial charge in [0.1, 0.15) is 18.2 Å². The molecule has 6 rings (SSSR count). The predicted molar refractivity (Wildman–Crippen MR) is 148 cm³/mol. The second-order valence-electron chi connectivity index (χ2n) is 10.1. The van der Waals surface area contributed by atoms with Crippen molar-refractivity contribution in [2.45, 2.75) is 0 Å². The van der Waals surface area contributed by atoms with Crippen molar-refractivity contribution in [1.82, 2.24) is 33.6 Å². The Kier molecular flexibility index (Phi) is 7.12. The molecule has 2 aliphatic heterocycles. The first kappa shape index (κ1) is 25.6. The Balaban J connectivity index is 1.29. The number of benzene rings is 1. The number of imidazole rings is 1. The molecule has 2 fully saturated rings. The van der Waals surface area contributed by atoms with Gasteiger partial charge in [0.05, 0.1) is 30.5 Å². The molecule has 2 unspecified atom stereocenters. The summed E-state index contributed by atoms with van der Waals surface area (Å²) in [4.78, 5) is 18.4. The SMILES string of the molecule is CN(C)CCOc1cccc(-c2cn(SF)c(C#Cc3nc(N4CC5COCC5C4)c4cnn(C)c4n3)n2)c1. The fourth-order valence-electron chi connectivity index (χ4n) is 5.01.